The Hall–Kier alpha value is -2.88. The highest BCUT2D eigenvalue weighted by Gasteiger charge is 2.30. The molecular formula is C27H30BrN3O4S. The fraction of sp³-hybridized carbons (Fsp3) is 0.296. The summed E-state index contributed by atoms with van der Waals surface area (Å²) in [6, 6.07) is 22.0. The minimum absolute atomic E-state index is 0.117. The van der Waals surface area contributed by atoms with E-state index in [-0.39, 0.29) is 23.9 Å². The van der Waals surface area contributed by atoms with Crippen molar-refractivity contribution in [2.45, 2.75) is 18.4 Å². The van der Waals surface area contributed by atoms with Crippen LogP contribution in [0.25, 0.3) is 0 Å². The molecule has 36 heavy (non-hydrogen) atoms. The lowest BCUT2D eigenvalue weighted by Gasteiger charge is -2.37. The van der Waals surface area contributed by atoms with E-state index >= 15 is 0 Å². The second-order valence-electron chi connectivity index (χ2n) is 8.75. The van der Waals surface area contributed by atoms with Crippen molar-refractivity contribution < 1.29 is 17.9 Å². The Balaban J connectivity index is 1.50. The van der Waals surface area contributed by atoms with Gasteiger partial charge in [-0.2, -0.15) is 4.31 Å². The predicted molar refractivity (Wildman–Crippen MR) is 145 cm³/mol. The third-order valence-corrected chi connectivity index (χ3v) is 8.64. The summed E-state index contributed by atoms with van der Waals surface area (Å²) in [5, 5.41) is 0. The van der Waals surface area contributed by atoms with Crippen LogP contribution in [-0.4, -0.2) is 63.4 Å². The number of nitrogens with zero attached hydrogens (tertiary/aromatic N) is 3. The van der Waals surface area contributed by atoms with Gasteiger partial charge in [0.1, 0.15) is 5.75 Å². The van der Waals surface area contributed by atoms with Crippen LogP contribution in [0.1, 0.15) is 11.1 Å². The Kier molecular flexibility index (Phi) is 8.33. The second-order valence-corrected chi connectivity index (χ2v) is 11.6. The summed E-state index contributed by atoms with van der Waals surface area (Å²) in [7, 11) is -2.24. The number of hydrogen-bond acceptors (Lipinski definition) is 5. The van der Waals surface area contributed by atoms with Crippen LogP contribution in [0, 0.1) is 6.92 Å². The van der Waals surface area contributed by atoms with Crippen LogP contribution >= 0.6 is 15.9 Å². The minimum atomic E-state index is -3.88. The smallest absolute Gasteiger partial charge is 0.243 e. The van der Waals surface area contributed by atoms with Gasteiger partial charge in [0.05, 0.1) is 24.2 Å². The molecule has 3 aromatic carbocycles. The number of hydrogen-bond donors (Lipinski definition) is 0. The summed E-state index contributed by atoms with van der Waals surface area (Å²) in [6.45, 7) is 4.18. The number of rotatable bonds is 8. The molecule has 1 aliphatic heterocycles. The number of carbonyl (C=O) groups excluding carboxylic acids is 1. The normalized spacial score (nSPS) is 14.2. The summed E-state index contributed by atoms with van der Waals surface area (Å²) >= 11 is 3.35. The van der Waals surface area contributed by atoms with Crippen molar-refractivity contribution >= 4 is 37.5 Å². The number of benzene rings is 3. The van der Waals surface area contributed by atoms with E-state index in [1.54, 1.807) is 36.3 Å². The van der Waals surface area contributed by atoms with Crippen molar-refractivity contribution in [2.24, 2.45) is 0 Å². The number of halogens is 1. The zero-order valence-corrected chi connectivity index (χ0v) is 22.8. The minimum Gasteiger partial charge on any atom is -0.495 e. The maximum Gasteiger partial charge on any atom is 0.243 e. The van der Waals surface area contributed by atoms with Crippen LogP contribution in [-0.2, 0) is 21.4 Å². The number of amides is 1. The first-order valence-corrected chi connectivity index (χ1v) is 14.0. The van der Waals surface area contributed by atoms with Gasteiger partial charge >= 0.3 is 0 Å². The highest BCUT2D eigenvalue weighted by atomic mass is 79.9. The summed E-state index contributed by atoms with van der Waals surface area (Å²) in [5.41, 5.74) is 2.91. The molecule has 190 valence electrons. The molecule has 3 aromatic rings. The number of carbonyl (C=O) groups is 1. The lowest BCUT2D eigenvalue weighted by molar-refractivity contribution is -0.131. The number of ether oxygens (including phenoxy) is 1. The van der Waals surface area contributed by atoms with Crippen molar-refractivity contribution in [2.75, 3.05) is 44.7 Å². The van der Waals surface area contributed by atoms with E-state index < -0.39 is 10.0 Å². The molecule has 0 N–H and O–H groups in total. The highest BCUT2D eigenvalue weighted by Crippen LogP contribution is 2.28. The lowest BCUT2D eigenvalue weighted by Crippen LogP contribution is -2.51. The van der Waals surface area contributed by atoms with E-state index in [1.165, 1.54) is 4.31 Å². The molecule has 1 saturated heterocycles. The van der Waals surface area contributed by atoms with Crippen molar-refractivity contribution in [1.82, 2.24) is 9.21 Å². The molecule has 1 amide bonds. The zero-order valence-electron chi connectivity index (χ0n) is 20.4. The van der Waals surface area contributed by atoms with Crippen LogP contribution in [0.5, 0.6) is 5.75 Å². The fourth-order valence-electron chi connectivity index (χ4n) is 4.22. The fourth-order valence-corrected chi connectivity index (χ4v) is 5.86. The molecule has 0 aliphatic carbocycles. The molecule has 7 nitrogen and oxygen atoms in total. The summed E-state index contributed by atoms with van der Waals surface area (Å²) < 4.78 is 34.7. The van der Waals surface area contributed by atoms with E-state index in [1.807, 2.05) is 55.5 Å². The van der Waals surface area contributed by atoms with Gasteiger partial charge in [0.15, 0.2) is 0 Å². The van der Waals surface area contributed by atoms with Gasteiger partial charge in [-0.3, -0.25) is 4.79 Å². The molecule has 1 aliphatic rings. The summed E-state index contributed by atoms with van der Waals surface area (Å²) in [4.78, 5) is 17.4. The van der Waals surface area contributed by atoms with Crippen molar-refractivity contribution in [3.63, 3.8) is 0 Å². The van der Waals surface area contributed by atoms with Gasteiger partial charge in [0.2, 0.25) is 15.9 Å². The van der Waals surface area contributed by atoms with E-state index in [2.05, 4.69) is 20.8 Å². The van der Waals surface area contributed by atoms with Crippen molar-refractivity contribution in [1.29, 1.82) is 0 Å². The van der Waals surface area contributed by atoms with Gasteiger partial charge in [-0.25, -0.2) is 8.42 Å². The molecule has 1 fully saturated rings. The molecule has 4 rings (SSSR count). The predicted octanol–water partition coefficient (Wildman–Crippen LogP) is 4.31. The van der Waals surface area contributed by atoms with Crippen LogP contribution < -0.4 is 9.64 Å². The average Bonchev–Trinajstić information content (AvgIpc) is 2.89. The number of aryl methyl sites for hydroxylation is 1. The van der Waals surface area contributed by atoms with Gasteiger partial charge in [-0.05, 0) is 48.9 Å². The molecule has 0 saturated carbocycles. The average molecular weight is 573 g/mol. The Morgan fingerprint density at radius 3 is 2.22 bits per heavy atom. The molecule has 0 unspecified atom stereocenters. The van der Waals surface area contributed by atoms with E-state index in [0.29, 0.717) is 26.2 Å². The summed E-state index contributed by atoms with van der Waals surface area (Å²) in [5.74, 6) is 0.588. The SMILES string of the molecule is COc1ccccc1N1CCN(C(=O)CN(Cc2ccc(C)cc2)S(=O)(=O)c2ccc(Br)cc2)CC1. The van der Waals surface area contributed by atoms with Crippen LogP contribution in [0.2, 0.25) is 0 Å². The van der Waals surface area contributed by atoms with E-state index in [0.717, 1.165) is 27.0 Å². The third kappa shape index (κ3) is 6.08. The number of anilines is 1. The highest BCUT2D eigenvalue weighted by molar-refractivity contribution is 9.10. The monoisotopic (exact) mass is 571 g/mol. The first kappa shape index (κ1) is 26.2. The maximum atomic E-state index is 13.6. The Morgan fingerprint density at radius 2 is 1.58 bits per heavy atom. The molecular weight excluding hydrogens is 542 g/mol. The third-order valence-electron chi connectivity index (χ3n) is 6.30. The standard InChI is InChI=1S/C27H30BrN3O4S/c1-21-7-9-22(10-8-21)19-31(36(33,34)24-13-11-23(28)12-14-24)20-27(32)30-17-15-29(16-18-30)25-5-3-4-6-26(25)35-2/h3-14H,15-20H2,1-2H3. The maximum absolute atomic E-state index is 13.6. The molecule has 0 atom stereocenters. The Bertz CT molecular complexity index is 1290. The molecule has 0 aromatic heterocycles. The molecule has 1 heterocycles. The zero-order chi connectivity index (χ0) is 25.7. The van der Waals surface area contributed by atoms with E-state index in [9.17, 15) is 13.2 Å². The van der Waals surface area contributed by atoms with Gasteiger partial charge in [0, 0.05) is 37.2 Å². The quantitative estimate of drug-likeness (QED) is 0.403. The molecule has 0 spiro atoms. The Labute approximate surface area is 221 Å². The lowest BCUT2D eigenvalue weighted by atomic mass is 10.1. The number of para-hydroxylation sites is 2. The largest absolute Gasteiger partial charge is 0.495 e. The first-order valence-electron chi connectivity index (χ1n) is 11.7. The molecule has 0 bridgehead atoms. The first-order chi connectivity index (χ1) is 17.3. The van der Waals surface area contributed by atoms with Crippen LogP contribution in [0.15, 0.2) is 82.2 Å². The van der Waals surface area contributed by atoms with Crippen LogP contribution in [0.3, 0.4) is 0 Å². The van der Waals surface area contributed by atoms with Gasteiger partial charge in [-0.15, -0.1) is 0 Å². The van der Waals surface area contributed by atoms with Gasteiger partial charge in [0.25, 0.3) is 0 Å². The van der Waals surface area contributed by atoms with Crippen molar-refractivity contribution in [3.05, 3.63) is 88.4 Å². The van der Waals surface area contributed by atoms with E-state index in [4.69, 9.17) is 4.74 Å². The number of sulfonamides is 1. The van der Waals surface area contributed by atoms with Gasteiger partial charge in [-0.1, -0.05) is 57.9 Å². The molecule has 9 heteroatoms. The van der Waals surface area contributed by atoms with Crippen molar-refractivity contribution in [3.8, 4) is 5.75 Å². The Morgan fingerprint density at radius 1 is 0.944 bits per heavy atom. The topological polar surface area (TPSA) is 70.2 Å². The molecule has 0 radical (unpaired) electrons. The van der Waals surface area contributed by atoms with Gasteiger partial charge < -0.3 is 14.5 Å². The van der Waals surface area contributed by atoms with Crippen LogP contribution in [0.4, 0.5) is 5.69 Å². The summed E-state index contributed by atoms with van der Waals surface area (Å²) in [6.07, 6.45) is 0. The number of methoxy groups -OCH3 is 1. The second kappa shape index (κ2) is 11.5. The number of piperazine rings is 1.